The van der Waals surface area contributed by atoms with E-state index in [1.807, 2.05) is 19.9 Å². The molecular formula is C14H22O3. The second-order valence-electron chi connectivity index (χ2n) is 4.56. The summed E-state index contributed by atoms with van der Waals surface area (Å²) in [5, 5.41) is 0. The third kappa shape index (κ3) is 2.43. The van der Waals surface area contributed by atoms with Gasteiger partial charge in [0.05, 0.1) is 7.11 Å². The molecule has 0 N–H and O–H groups in total. The maximum atomic E-state index is 12.3. The van der Waals surface area contributed by atoms with Crippen LogP contribution in [0.25, 0.3) is 0 Å². The number of ether oxygens (including phenoxy) is 1. The highest BCUT2D eigenvalue weighted by Gasteiger charge is 2.49. The van der Waals surface area contributed by atoms with Crippen LogP contribution in [0.15, 0.2) is 11.6 Å². The maximum Gasteiger partial charge on any atom is 0.323 e. The van der Waals surface area contributed by atoms with E-state index >= 15 is 0 Å². The van der Waals surface area contributed by atoms with Crippen molar-refractivity contribution in [3.05, 3.63) is 11.6 Å². The van der Waals surface area contributed by atoms with Crippen LogP contribution in [0.3, 0.4) is 0 Å². The van der Waals surface area contributed by atoms with E-state index < -0.39 is 5.41 Å². The topological polar surface area (TPSA) is 43.4 Å². The quantitative estimate of drug-likeness (QED) is 0.429. The molecule has 0 heterocycles. The minimum absolute atomic E-state index is 0.0390. The molecule has 1 unspecified atom stereocenters. The van der Waals surface area contributed by atoms with E-state index in [1.54, 1.807) is 0 Å². The second-order valence-corrected chi connectivity index (χ2v) is 4.56. The molecule has 3 nitrogen and oxygen atoms in total. The van der Waals surface area contributed by atoms with Gasteiger partial charge in [0.25, 0.3) is 0 Å². The number of rotatable bonds is 4. The van der Waals surface area contributed by atoms with Gasteiger partial charge in [-0.2, -0.15) is 0 Å². The van der Waals surface area contributed by atoms with Crippen molar-refractivity contribution in [2.45, 2.75) is 52.4 Å². The number of carbonyl (C=O) groups is 2. The van der Waals surface area contributed by atoms with Crippen LogP contribution in [0.5, 0.6) is 0 Å². The number of allylic oxidation sites excluding steroid dienone is 1. The summed E-state index contributed by atoms with van der Waals surface area (Å²) in [6.07, 6.45) is 6.46. The molecule has 0 aromatic carbocycles. The summed E-state index contributed by atoms with van der Waals surface area (Å²) in [5.74, 6) is -0.332. The van der Waals surface area contributed by atoms with Crippen molar-refractivity contribution in [3.8, 4) is 0 Å². The molecule has 0 aromatic rings. The van der Waals surface area contributed by atoms with Crippen LogP contribution in [0.1, 0.15) is 52.4 Å². The monoisotopic (exact) mass is 238 g/mol. The molecule has 0 bridgehead atoms. The predicted molar refractivity (Wildman–Crippen MR) is 66.6 cm³/mol. The molecule has 96 valence electrons. The first kappa shape index (κ1) is 13.9. The summed E-state index contributed by atoms with van der Waals surface area (Å²) in [6, 6.07) is 0. The number of Topliss-reactive ketones (excluding diaryl/α,β-unsaturated/α-hetero) is 1. The molecular weight excluding hydrogens is 216 g/mol. The number of esters is 1. The highest BCUT2D eigenvalue weighted by Crippen LogP contribution is 2.43. The molecule has 0 spiro atoms. The van der Waals surface area contributed by atoms with Crippen LogP contribution in [0, 0.1) is 5.41 Å². The van der Waals surface area contributed by atoms with Crippen molar-refractivity contribution in [1.29, 1.82) is 0 Å². The van der Waals surface area contributed by atoms with Crippen LogP contribution in [0.2, 0.25) is 0 Å². The number of ketones is 1. The first-order valence-electron chi connectivity index (χ1n) is 6.44. The highest BCUT2D eigenvalue weighted by atomic mass is 16.5. The fourth-order valence-corrected chi connectivity index (χ4v) is 2.76. The largest absolute Gasteiger partial charge is 0.468 e. The molecule has 1 aliphatic carbocycles. The van der Waals surface area contributed by atoms with Crippen LogP contribution in [0.4, 0.5) is 0 Å². The molecule has 1 aliphatic rings. The lowest BCUT2D eigenvalue weighted by atomic mass is 9.66. The molecule has 0 saturated heterocycles. The molecule has 0 amide bonds. The van der Waals surface area contributed by atoms with Gasteiger partial charge in [-0.3, -0.25) is 9.59 Å². The van der Waals surface area contributed by atoms with Crippen molar-refractivity contribution in [2.75, 3.05) is 7.11 Å². The maximum absolute atomic E-state index is 12.3. The van der Waals surface area contributed by atoms with E-state index in [0.717, 1.165) is 31.3 Å². The van der Waals surface area contributed by atoms with Crippen molar-refractivity contribution in [3.63, 3.8) is 0 Å². The second kappa shape index (κ2) is 5.99. The average Bonchev–Trinajstić information content (AvgIpc) is 2.33. The molecule has 0 aromatic heterocycles. The van der Waals surface area contributed by atoms with Gasteiger partial charge >= 0.3 is 5.97 Å². The van der Waals surface area contributed by atoms with Gasteiger partial charge in [-0.1, -0.05) is 26.3 Å². The van der Waals surface area contributed by atoms with Crippen molar-refractivity contribution < 1.29 is 14.3 Å². The summed E-state index contributed by atoms with van der Waals surface area (Å²) in [4.78, 5) is 24.3. The van der Waals surface area contributed by atoms with Gasteiger partial charge in [0.1, 0.15) is 5.41 Å². The van der Waals surface area contributed by atoms with Crippen LogP contribution >= 0.6 is 0 Å². The lowest BCUT2D eigenvalue weighted by Gasteiger charge is -2.35. The lowest BCUT2D eigenvalue weighted by molar-refractivity contribution is -0.157. The van der Waals surface area contributed by atoms with Gasteiger partial charge in [0, 0.05) is 6.42 Å². The summed E-state index contributed by atoms with van der Waals surface area (Å²) in [6.45, 7) is 4.02. The van der Waals surface area contributed by atoms with Gasteiger partial charge in [-0.25, -0.2) is 0 Å². The van der Waals surface area contributed by atoms with E-state index in [9.17, 15) is 9.59 Å². The van der Waals surface area contributed by atoms with E-state index in [0.29, 0.717) is 12.8 Å². The smallest absolute Gasteiger partial charge is 0.323 e. The molecule has 0 radical (unpaired) electrons. The summed E-state index contributed by atoms with van der Waals surface area (Å²) < 4.78 is 4.89. The number of hydrogen-bond acceptors (Lipinski definition) is 3. The Labute approximate surface area is 103 Å². The first-order chi connectivity index (χ1) is 8.13. The van der Waals surface area contributed by atoms with E-state index in [1.165, 1.54) is 7.11 Å². The summed E-state index contributed by atoms with van der Waals surface area (Å²) in [7, 11) is 1.37. The zero-order valence-corrected chi connectivity index (χ0v) is 11.0. The Morgan fingerprint density at radius 2 is 2.12 bits per heavy atom. The van der Waals surface area contributed by atoms with E-state index in [2.05, 4.69) is 0 Å². The minimum atomic E-state index is -0.974. The van der Waals surface area contributed by atoms with Gasteiger partial charge in [-0.05, 0) is 31.3 Å². The number of carbonyl (C=O) groups excluding carboxylic acids is 2. The third-order valence-corrected chi connectivity index (χ3v) is 3.48. The summed E-state index contributed by atoms with van der Waals surface area (Å²) >= 11 is 0. The Balaban J connectivity index is 3.22. The molecule has 1 rings (SSSR count). The predicted octanol–water partition coefficient (Wildman–Crippen LogP) is 3.04. The van der Waals surface area contributed by atoms with Crippen LogP contribution in [-0.2, 0) is 14.3 Å². The Hall–Kier alpha value is -1.12. The number of hydrogen-bond donors (Lipinski definition) is 0. The van der Waals surface area contributed by atoms with Crippen molar-refractivity contribution in [1.82, 2.24) is 0 Å². The normalized spacial score (nSPS) is 27.2. The zero-order valence-electron chi connectivity index (χ0n) is 11.0. The Bertz CT molecular complexity index is 320. The molecule has 17 heavy (non-hydrogen) atoms. The first-order valence-corrected chi connectivity index (χ1v) is 6.44. The minimum Gasteiger partial charge on any atom is -0.468 e. The van der Waals surface area contributed by atoms with Gasteiger partial charge in [0.15, 0.2) is 5.78 Å². The Morgan fingerprint density at radius 1 is 1.41 bits per heavy atom. The fourth-order valence-electron chi connectivity index (χ4n) is 2.76. The van der Waals surface area contributed by atoms with Crippen molar-refractivity contribution in [2.24, 2.45) is 5.41 Å². The Kier molecular flexibility index (Phi) is 4.91. The molecule has 3 heteroatoms. The van der Waals surface area contributed by atoms with Crippen LogP contribution < -0.4 is 0 Å². The average molecular weight is 238 g/mol. The summed E-state index contributed by atoms with van der Waals surface area (Å²) in [5.41, 5.74) is 0.00236. The van der Waals surface area contributed by atoms with Crippen molar-refractivity contribution >= 4 is 11.8 Å². The van der Waals surface area contributed by atoms with Gasteiger partial charge in [0.2, 0.25) is 0 Å². The standard InChI is InChI=1S/C14H22O3/c1-4-7-11-8-6-9-12(15)14(11,10-5-2)13(16)17-3/h7H,4-6,8-10H2,1-3H3/b11-7+. The van der Waals surface area contributed by atoms with Crippen LogP contribution in [-0.4, -0.2) is 18.9 Å². The third-order valence-electron chi connectivity index (χ3n) is 3.48. The fraction of sp³-hybridized carbons (Fsp3) is 0.714. The number of methoxy groups -OCH3 is 1. The van der Waals surface area contributed by atoms with E-state index in [4.69, 9.17) is 4.74 Å². The highest BCUT2D eigenvalue weighted by molar-refractivity contribution is 6.07. The van der Waals surface area contributed by atoms with Gasteiger partial charge in [-0.15, -0.1) is 0 Å². The molecule has 1 atom stereocenters. The zero-order chi connectivity index (χ0) is 12.9. The molecule has 0 aliphatic heterocycles. The van der Waals surface area contributed by atoms with E-state index in [-0.39, 0.29) is 11.8 Å². The molecule has 1 fully saturated rings. The lowest BCUT2D eigenvalue weighted by Crippen LogP contribution is -2.44. The van der Waals surface area contributed by atoms with Gasteiger partial charge < -0.3 is 4.74 Å². The molecule has 1 saturated carbocycles. The SMILES string of the molecule is CC/C=C1\CCCC(=O)C1(CCC)C(=O)OC. The Morgan fingerprint density at radius 3 is 2.65 bits per heavy atom.